The maximum atomic E-state index is 6.01. The van der Waals surface area contributed by atoms with E-state index in [1.54, 1.807) is 21.7 Å². The zero-order valence-corrected chi connectivity index (χ0v) is 22.1. The van der Waals surface area contributed by atoms with Gasteiger partial charge in [-0.25, -0.2) is 0 Å². The Kier molecular flexibility index (Phi) is 4.37. The Hall–Kier alpha value is -1.91. The second-order valence-electron chi connectivity index (χ2n) is 10.2. The molecule has 0 amide bonds. The van der Waals surface area contributed by atoms with Crippen molar-refractivity contribution in [3.05, 3.63) is 46.7 Å². The molecule has 0 bridgehead atoms. The summed E-state index contributed by atoms with van der Waals surface area (Å²) < 4.78 is 2.65. The average molecular weight is 459 g/mol. The van der Waals surface area contributed by atoms with Crippen LogP contribution in [0.1, 0.15) is 5.56 Å². The molecule has 0 aliphatic carbocycles. The molecule has 0 saturated carbocycles. The molecule has 0 atom stereocenters. The SMILES string of the molecule is C#Cc1cc2c([Si](C)(C)C)c3c(ccc4sccc43)c([Si](C)(C)C)c2c2ccsc12. The minimum atomic E-state index is -1.68. The van der Waals surface area contributed by atoms with Crippen molar-refractivity contribution >= 4 is 90.9 Å². The van der Waals surface area contributed by atoms with Gasteiger partial charge in [0.05, 0.1) is 20.8 Å². The normalized spacial score (nSPS) is 13.0. The lowest BCUT2D eigenvalue weighted by atomic mass is 9.97. The number of fused-ring (bicyclic) bond motifs is 6. The lowest BCUT2D eigenvalue weighted by Crippen LogP contribution is -2.44. The Morgan fingerprint density at radius 1 is 0.700 bits per heavy atom. The first kappa shape index (κ1) is 20.0. The molecule has 5 aromatic rings. The summed E-state index contributed by atoms with van der Waals surface area (Å²) in [4.78, 5) is 0. The van der Waals surface area contributed by atoms with Crippen molar-refractivity contribution in [1.29, 1.82) is 0 Å². The highest BCUT2D eigenvalue weighted by Crippen LogP contribution is 2.38. The van der Waals surface area contributed by atoms with Crippen LogP contribution >= 0.6 is 22.7 Å². The summed E-state index contributed by atoms with van der Waals surface area (Å²) in [6.07, 6.45) is 6.01. The standard InChI is InChI=1S/C26H26S2Si2/c1-8-16-15-20-23(18-12-14-28-24(16)18)25(29(2,3)4)19-9-10-21-17(11-13-27-21)22(19)26(20)30(5,6)7/h1,9-15H,2-7H3. The van der Waals surface area contributed by atoms with Crippen molar-refractivity contribution in [3.8, 4) is 12.3 Å². The minimum absolute atomic E-state index is 1.05. The number of terminal acetylenes is 1. The zero-order valence-electron chi connectivity index (χ0n) is 18.4. The average Bonchev–Trinajstić information content (AvgIpc) is 3.32. The third kappa shape index (κ3) is 2.76. The second-order valence-corrected chi connectivity index (χ2v) is 22.1. The third-order valence-corrected chi connectivity index (χ3v) is 11.9. The summed E-state index contributed by atoms with van der Waals surface area (Å²) in [5.41, 5.74) is 1.05. The summed E-state index contributed by atoms with van der Waals surface area (Å²) in [5, 5.41) is 16.3. The molecular weight excluding hydrogens is 433 g/mol. The molecule has 0 aliphatic heterocycles. The first-order valence-corrected chi connectivity index (χ1v) is 19.2. The van der Waals surface area contributed by atoms with Gasteiger partial charge in [-0.3, -0.25) is 0 Å². The molecule has 30 heavy (non-hydrogen) atoms. The van der Waals surface area contributed by atoms with Crippen LogP contribution in [0.15, 0.2) is 41.1 Å². The van der Waals surface area contributed by atoms with Gasteiger partial charge in [0, 0.05) is 21.0 Å². The highest BCUT2D eigenvalue weighted by Gasteiger charge is 2.31. The zero-order chi connectivity index (χ0) is 21.4. The van der Waals surface area contributed by atoms with Crippen LogP contribution in [0.3, 0.4) is 0 Å². The van der Waals surface area contributed by atoms with Crippen LogP contribution < -0.4 is 10.4 Å². The largest absolute Gasteiger partial charge is 0.144 e. The molecule has 0 unspecified atom stereocenters. The molecule has 0 saturated heterocycles. The lowest BCUT2D eigenvalue weighted by molar-refractivity contribution is 1.74. The predicted molar refractivity (Wildman–Crippen MR) is 146 cm³/mol. The molecule has 0 aliphatic rings. The molecule has 150 valence electrons. The van der Waals surface area contributed by atoms with Gasteiger partial charge in [0.1, 0.15) is 0 Å². The van der Waals surface area contributed by atoms with Gasteiger partial charge in [-0.2, -0.15) is 0 Å². The molecule has 5 rings (SSSR count). The Labute approximate surface area is 188 Å². The van der Waals surface area contributed by atoms with E-state index in [0.29, 0.717) is 0 Å². The summed E-state index contributed by atoms with van der Waals surface area (Å²) in [6, 6.07) is 11.7. The number of benzene rings is 3. The minimum Gasteiger partial charge on any atom is -0.144 e. The van der Waals surface area contributed by atoms with Crippen LogP contribution in [0.5, 0.6) is 0 Å². The number of hydrogen-bond acceptors (Lipinski definition) is 2. The van der Waals surface area contributed by atoms with Crippen molar-refractivity contribution < 1.29 is 0 Å². The molecule has 0 spiro atoms. The fourth-order valence-corrected chi connectivity index (χ4v) is 10.8. The van der Waals surface area contributed by atoms with E-state index in [1.807, 2.05) is 11.3 Å². The van der Waals surface area contributed by atoms with Gasteiger partial charge in [0.2, 0.25) is 0 Å². The first-order valence-electron chi connectivity index (χ1n) is 10.4. The van der Waals surface area contributed by atoms with Crippen molar-refractivity contribution in [3.63, 3.8) is 0 Å². The molecule has 0 N–H and O–H groups in total. The van der Waals surface area contributed by atoms with Gasteiger partial charge in [0.15, 0.2) is 0 Å². The van der Waals surface area contributed by atoms with Crippen LogP contribution in [-0.2, 0) is 0 Å². The highest BCUT2D eigenvalue weighted by molar-refractivity contribution is 7.18. The van der Waals surface area contributed by atoms with E-state index in [9.17, 15) is 0 Å². The summed E-state index contributed by atoms with van der Waals surface area (Å²) >= 11 is 3.63. The van der Waals surface area contributed by atoms with Gasteiger partial charge in [-0.15, -0.1) is 29.1 Å². The van der Waals surface area contributed by atoms with E-state index >= 15 is 0 Å². The molecule has 3 aromatic carbocycles. The van der Waals surface area contributed by atoms with Crippen molar-refractivity contribution in [2.75, 3.05) is 0 Å². The van der Waals surface area contributed by atoms with Crippen LogP contribution in [0.2, 0.25) is 39.3 Å². The smallest absolute Gasteiger partial charge is 0.0792 e. The van der Waals surface area contributed by atoms with Gasteiger partial charge < -0.3 is 0 Å². The maximum absolute atomic E-state index is 6.01. The van der Waals surface area contributed by atoms with Gasteiger partial charge in [-0.1, -0.05) is 51.3 Å². The number of rotatable bonds is 2. The number of thiophene rings is 2. The van der Waals surface area contributed by atoms with E-state index < -0.39 is 16.1 Å². The maximum Gasteiger partial charge on any atom is 0.0792 e. The molecule has 0 radical (unpaired) electrons. The molecule has 4 heteroatoms. The van der Waals surface area contributed by atoms with Crippen molar-refractivity contribution in [1.82, 2.24) is 0 Å². The highest BCUT2D eigenvalue weighted by atomic mass is 32.1. The Bertz CT molecular complexity index is 1510. The third-order valence-electron chi connectivity index (χ3n) is 6.07. The number of hydrogen-bond donors (Lipinski definition) is 0. The molecule has 0 nitrogen and oxygen atoms in total. The molecule has 2 heterocycles. The summed E-state index contributed by atoms with van der Waals surface area (Å²) in [6.45, 7) is 14.9. The molecule has 2 aromatic heterocycles. The second kappa shape index (κ2) is 6.54. The van der Waals surface area contributed by atoms with Crippen LogP contribution in [-0.4, -0.2) is 16.1 Å². The topological polar surface area (TPSA) is 0 Å². The predicted octanol–water partition coefficient (Wildman–Crippen LogP) is 7.49. The Balaban J connectivity index is 2.25. The van der Waals surface area contributed by atoms with E-state index in [0.717, 1.165) is 5.56 Å². The van der Waals surface area contributed by atoms with E-state index in [-0.39, 0.29) is 0 Å². The van der Waals surface area contributed by atoms with Gasteiger partial charge >= 0.3 is 0 Å². The van der Waals surface area contributed by atoms with Crippen LogP contribution in [0.25, 0.3) is 41.7 Å². The van der Waals surface area contributed by atoms with Crippen LogP contribution in [0.4, 0.5) is 0 Å². The molecule has 0 fully saturated rings. The lowest BCUT2D eigenvalue weighted by Gasteiger charge is -2.29. The fraction of sp³-hybridized carbons (Fsp3) is 0.231. The monoisotopic (exact) mass is 458 g/mol. The van der Waals surface area contributed by atoms with Gasteiger partial charge in [0.25, 0.3) is 0 Å². The van der Waals surface area contributed by atoms with Crippen LogP contribution in [0, 0.1) is 12.3 Å². The summed E-state index contributed by atoms with van der Waals surface area (Å²) in [7, 11) is -3.34. The van der Waals surface area contributed by atoms with Gasteiger partial charge in [-0.05, 0) is 66.9 Å². The Morgan fingerprint density at radius 2 is 1.30 bits per heavy atom. The van der Waals surface area contributed by atoms with E-state index in [4.69, 9.17) is 6.42 Å². The Morgan fingerprint density at radius 3 is 1.97 bits per heavy atom. The first-order chi connectivity index (χ1) is 14.1. The fourth-order valence-electron chi connectivity index (χ4n) is 5.06. The van der Waals surface area contributed by atoms with E-state index in [1.165, 1.54) is 41.7 Å². The van der Waals surface area contributed by atoms with Crippen molar-refractivity contribution in [2.24, 2.45) is 0 Å². The van der Waals surface area contributed by atoms with E-state index in [2.05, 4.69) is 86.3 Å². The molecular formula is C26H26S2Si2. The quantitative estimate of drug-likeness (QED) is 0.146. The van der Waals surface area contributed by atoms with Crippen molar-refractivity contribution in [2.45, 2.75) is 39.3 Å². The summed E-state index contributed by atoms with van der Waals surface area (Å²) in [5.74, 6) is 3.00.